The lowest BCUT2D eigenvalue weighted by Gasteiger charge is -2.11. The van der Waals surface area contributed by atoms with E-state index in [-0.39, 0.29) is 23.8 Å². The van der Waals surface area contributed by atoms with Gasteiger partial charge in [-0.1, -0.05) is 30.0 Å². The third-order valence-corrected chi connectivity index (χ3v) is 5.58. The van der Waals surface area contributed by atoms with Gasteiger partial charge in [-0.3, -0.25) is 9.59 Å². The van der Waals surface area contributed by atoms with Gasteiger partial charge in [0.15, 0.2) is 5.16 Å². The monoisotopic (exact) mass is 493 g/mol. The SMILES string of the molecule is CCn1c(CC(=O)Nc2ccccc2OC)nnc1SCC(=O)Nc1cccc(C(F)(F)F)c1. The lowest BCUT2D eigenvalue weighted by atomic mass is 10.2. The Balaban J connectivity index is 1.60. The number of alkyl halides is 3. The number of methoxy groups -OCH3 is 1. The lowest BCUT2D eigenvalue weighted by Crippen LogP contribution is -2.18. The first-order chi connectivity index (χ1) is 16.2. The third-order valence-electron chi connectivity index (χ3n) is 4.62. The van der Waals surface area contributed by atoms with Gasteiger partial charge in [0.05, 0.1) is 30.5 Å². The fourth-order valence-corrected chi connectivity index (χ4v) is 3.88. The molecule has 2 aromatic carbocycles. The van der Waals surface area contributed by atoms with Crippen LogP contribution < -0.4 is 15.4 Å². The van der Waals surface area contributed by atoms with Gasteiger partial charge in [-0.25, -0.2) is 0 Å². The van der Waals surface area contributed by atoms with E-state index in [1.54, 1.807) is 28.8 Å². The van der Waals surface area contributed by atoms with E-state index in [4.69, 9.17) is 4.74 Å². The summed E-state index contributed by atoms with van der Waals surface area (Å²) in [5.74, 6) is 0.0318. The number of amides is 2. The van der Waals surface area contributed by atoms with Crippen LogP contribution in [0, 0.1) is 0 Å². The van der Waals surface area contributed by atoms with Gasteiger partial charge >= 0.3 is 6.18 Å². The molecule has 12 heteroatoms. The van der Waals surface area contributed by atoms with Crippen molar-refractivity contribution in [1.29, 1.82) is 0 Å². The van der Waals surface area contributed by atoms with Crippen LogP contribution in [0.15, 0.2) is 53.7 Å². The van der Waals surface area contributed by atoms with Crippen LogP contribution in [0.3, 0.4) is 0 Å². The summed E-state index contributed by atoms with van der Waals surface area (Å²) < 4.78 is 45.4. The topological polar surface area (TPSA) is 98.1 Å². The molecule has 0 bridgehead atoms. The maximum absolute atomic E-state index is 12.8. The van der Waals surface area contributed by atoms with E-state index in [9.17, 15) is 22.8 Å². The van der Waals surface area contributed by atoms with Gasteiger partial charge in [0.1, 0.15) is 11.6 Å². The predicted octanol–water partition coefficient (Wildman–Crippen LogP) is 4.24. The fourth-order valence-electron chi connectivity index (χ4n) is 3.06. The molecule has 1 heterocycles. The van der Waals surface area contributed by atoms with Gasteiger partial charge in [-0.05, 0) is 37.3 Å². The number of benzene rings is 2. The van der Waals surface area contributed by atoms with Crippen molar-refractivity contribution in [2.45, 2.75) is 31.2 Å². The van der Waals surface area contributed by atoms with Crippen molar-refractivity contribution >= 4 is 35.0 Å². The number of thioether (sulfide) groups is 1. The van der Waals surface area contributed by atoms with Crippen LogP contribution in [-0.2, 0) is 28.7 Å². The average Bonchev–Trinajstić information content (AvgIpc) is 3.18. The second kappa shape index (κ2) is 11.1. The second-order valence-corrected chi connectivity index (χ2v) is 7.93. The van der Waals surface area contributed by atoms with Crippen molar-refractivity contribution in [1.82, 2.24) is 14.8 Å². The number of halogens is 3. The van der Waals surface area contributed by atoms with Crippen LogP contribution in [0.2, 0.25) is 0 Å². The van der Waals surface area contributed by atoms with Crippen LogP contribution in [0.5, 0.6) is 5.75 Å². The number of hydrogen-bond donors (Lipinski definition) is 2. The Bertz CT molecular complexity index is 1170. The van der Waals surface area contributed by atoms with Crippen molar-refractivity contribution in [2.24, 2.45) is 0 Å². The molecular weight excluding hydrogens is 471 g/mol. The molecule has 0 aliphatic heterocycles. The molecule has 0 saturated heterocycles. The summed E-state index contributed by atoms with van der Waals surface area (Å²) in [6.07, 6.45) is -4.54. The van der Waals surface area contributed by atoms with Crippen LogP contribution >= 0.6 is 11.8 Å². The Morgan fingerprint density at radius 1 is 1.06 bits per heavy atom. The molecule has 0 atom stereocenters. The summed E-state index contributed by atoms with van der Waals surface area (Å²) in [6, 6.07) is 11.4. The van der Waals surface area contributed by atoms with Gasteiger partial charge in [0.2, 0.25) is 11.8 Å². The minimum Gasteiger partial charge on any atom is -0.495 e. The molecule has 0 radical (unpaired) electrons. The Hall–Kier alpha value is -3.54. The summed E-state index contributed by atoms with van der Waals surface area (Å²) >= 11 is 1.07. The smallest absolute Gasteiger partial charge is 0.416 e. The molecule has 0 unspecified atom stereocenters. The maximum Gasteiger partial charge on any atom is 0.416 e. The molecule has 0 aliphatic carbocycles. The number of ether oxygens (including phenoxy) is 1. The lowest BCUT2D eigenvalue weighted by molar-refractivity contribution is -0.137. The van der Waals surface area contributed by atoms with Crippen molar-refractivity contribution in [3.05, 3.63) is 59.9 Å². The van der Waals surface area contributed by atoms with E-state index in [0.717, 1.165) is 23.9 Å². The van der Waals surface area contributed by atoms with Crippen LogP contribution in [0.4, 0.5) is 24.5 Å². The first kappa shape index (κ1) is 25.1. The zero-order valence-electron chi connectivity index (χ0n) is 18.3. The molecular formula is C22H22F3N5O3S. The molecule has 0 fully saturated rings. The first-order valence-electron chi connectivity index (χ1n) is 10.2. The van der Waals surface area contributed by atoms with Crippen molar-refractivity contribution in [3.63, 3.8) is 0 Å². The Kier molecular flexibility index (Phi) is 8.16. The van der Waals surface area contributed by atoms with Gasteiger partial charge < -0.3 is 19.9 Å². The average molecular weight is 494 g/mol. The Morgan fingerprint density at radius 3 is 2.53 bits per heavy atom. The fraction of sp³-hybridized carbons (Fsp3) is 0.273. The third kappa shape index (κ3) is 6.50. The number of aromatic nitrogens is 3. The summed E-state index contributed by atoms with van der Waals surface area (Å²) in [6.45, 7) is 2.31. The molecule has 3 rings (SSSR count). The summed E-state index contributed by atoms with van der Waals surface area (Å²) in [5, 5.41) is 13.7. The van der Waals surface area contributed by atoms with Gasteiger partial charge in [-0.15, -0.1) is 10.2 Å². The highest BCUT2D eigenvalue weighted by atomic mass is 32.2. The predicted molar refractivity (Wildman–Crippen MR) is 122 cm³/mol. The minimum atomic E-state index is -4.50. The number of nitrogens with zero attached hydrogens (tertiary/aromatic N) is 3. The molecule has 0 saturated carbocycles. The highest BCUT2D eigenvalue weighted by molar-refractivity contribution is 7.99. The van der Waals surface area contributed by atoms with E-state index in [2.05, 4.69) is 20.8 Å². The molecule has 0 aliphatic rings. The number of para-hydroxylation sites is 2. The van der Waals surface area contributed by atoms with E-state index in [1.165, 1.54) is 19.2 Å². The van der Waals surface area contributed by atoms with Crippen molar-refractivity contribution in [3.8, 4) is 5.75 Å². The Labute approximate surface area is 197 Å². The number of carbonyl (C=O) groups excluding carboxylic acids is 2. The van der Waals surface area contributed by atoms with E-state index >= 15 is 0 Å². The first-order valence-corrected chi connectivity index (χ1v) is 11.1. The number of hydrogen-bond acceptors (Lipinski definition) is 6. The molecule has 3 aromatic rings. The van der Waals surface area contributed by atoms with E-state index in [0.29, 0.717) is 29.0 Å². The molecule has 2 N–H and O–H groups in total. The standard InChI is InChI=1S/C22H22F3N5O3S/c1-3-30-18(12-19(31)27-16-9-4-5-10-17(16)33-2)28-29-21(30)34-13-20(32)26-15-8-6-7-14(11-15)22(23,24)25/h4-11H,3,12-13H2,1-2H3,(H,26,32)(H,27,31). The van der Waals surface area contributed by atoms with Crippen LogP contribution in [0.1, 0.15) is 18.3 Å². The molecule has 2 amide bonds. The quantitative estimate of drug-likeness (QED) is 0.433. The molecule has 8 nitrogen and oxygen atoms in total. The summed E-state index contributed by atoms with van der Waals surface area (Å²) in [4.78, 5) is 24.7. The zero-order chi connectivity index (χ0) is 24.7. The maximum atomic E-state index is 12.8. The number of carbonyl (C=O) groups is 2. The number of rotatable bonds is 9. The minimum absolute atomic E-state index is 0.0458. The van der Waals surface area contributed by atoms with Crippen LogP contribution in [0.25, 0.3) is 0 Å². The molecule has 0 spiro atoms. The van der Waals surface area contributed by atoms with Crippen molar-refractivity contribution in [2.75, 3.05) is 23.5 Å². The van der Waals surface area contributed by atoms with Gasteiger partial charge in [0, 0.05) is 12.2 Å². The van der Waals surface area contributed by atoms with E-state index < -0.39 is 17.6 Å². The highest BCUT2D eigenvalue weighted by Gasteiger charge is 2.30. The second-order valence-electron chi connectivity index (χ2n) is 6.98. The Morgan fingerprint density at radius 2 is 1.82 bits per heavy atom. The number of nitrogens with one attached hydrogen (secondary N) is 2. The van der Waals surface area contributed by atoms with Gasteiger partial charge in [0.25, 0.3) is 0 Å². The summed E-state index contributed by atoms with van der Waals surface area (Å²) in [7, 11) is 1.51. The van der Waals surface area contributed by atoms with Crippen LogP contribution in [-0.4, -0.2) is 39.4 Å². The van der Waals surface area contributed by atoms with Gasteiger partial charge in [-0.2, -0.15) is 13.2 Å². The zero-order valence-corrected chi connectivity index (χ0v) is 19.2. The van der Waals surface area contributed by atoms with Crippen molar-refractivity contribution < 1.29 is 27.5 Å². The summed E-state index contributed by atoms with van der Waals surface area (Å²) in [5.41, 5.74) is -0.274. The molecule has 34 heavy (non-hydrogen) atoms. The van der Waals surface area contributed by atoms with E-state index in [1.807, 2.05) is 6.92 Å². The number of anilines is 2. The molecule has 1 aromatic heterocycles. The normalized spacial score (nSPS) is 11.2. The largest absolute Gasteiger partial charge is 0.495 e. The highest BCUT2D eigenvalue weighted by Crippen LogP contribution is 2.30. The molecule has 180 valence electrons.